The van der Waals surface area contributed by atoms with Crippen LogP contribution in [0.4, 0.5) is 5.69 Å². The van der Waals surface area contributed by atoms with E-state index in [9.17, 15) is 4.79 Å². The van der Waals surface area contributed by atoms with Crippen molar-refractivity contribution in [2.24, 2.45) is 29.6 Å². The van der Waals surface area contributed by atoms with Gasteiger partial charge in [-0.3, -0.25) is 4.79 Å². The van der Waals surface area contributed by atoms with Gasteiger partial charge in [0.2, 0.25) is 0 Å². The Kier molecular flexibility index (Phi) is 5.32. The molecule has 31 heavy (non-hydrogen) atoms. The van der Waals surface area contributed by atoms with Gasteiger partial charge >= 0.3 is 0 Å². The lowest BCUT2D eigenvalue weighted by Crippen LogP contribution is -2.42. The second-order valence-corrected chi connectivity index (χ2v) is 10.8. The van der Waals surface area contributed by atoms with E-state index in [1.54, 1.807) is 0 Å². The average Bonchev–Trinajstić information content (AvgIpc) is 3.39. The van der Waals surface area contributed by atoms with Crippen molar-refractivity contribution in [3.05, 3.63) is 65.2 Å². The third kappa shape index (κ3) is 3.56. The Morgan fingerprint density at radius 2 is 1.68 bits per heavy atom. The van der Waals surface area contributed by atoms with Crippen LogP contribution < -0.4 is 10.6 Å². The van der Waals surface area contributed by atoms with E-state index in [-0.39, 0.29) is 11.9 Å². The van der Waals surface area contributed by atoms with E-state index in [4.69, 9.17) is 0 Å². The zero-order valence-electron chi connectivity index (χ0n) is 19.3. The zero-order chi connectivity index (χ0) is 21.7. The first kappa shape index (κ1) is 20.6. The number of carbonyl (C=O) groups excluding carboxylic acids is 1. The first-order chi connectivity index (χ1) is 14.9. The molecule has 2 aromatic rings. The van der Waals surface area contributed by atoms with Crippen LogP contribution in [0.5, 0.6) is 0 Å². The molecule has 5 rings (SSSR count). The molecule has 3 aliphatic rings. The van der Waals surface area contributed by atoms with Crippen LogP contribution in [0.2, 0.25) is 0 Å². The standard InChI is InChI=1S/C28H36N2O/c1-16(2)26(17(3)4)30-28(31)21-12-13-23-22(15-21)24-19-10-11-20(14-19)25(24)27(29-23)18-8-6-5-7-9-18/h5-9,12-13,15-17,19-20,24-27,29H,10-11,14H2,1-4H3,(H,30,31)/t19-,20-,24-,25+,27-/m0/s1. The predicted octanol–water partition coefficient (Wildman–Crippen LogP) is 6.39. The molecule has 2 aromatic carbocycles. The highest BCUT2D eigenvalue weighted by molar-refractivity contribution is 5.95. The highest BCUT2D eigenvalue weighted by Crippen LogP contribution is 2.63. The number of anilines is 1. The van der Waals surface area contributed by atoms with Crippen LogP contribution in [0.1, 0.15) is 80.4 Å². The molecule has 2 bridgehead atoms. The summed E-state index contributed by atoms with van der Waals surface area (Å²) in [5.74, 6) is 3.67. The lowest BCUT2D eigenvalue weighted by Gasteiger charge is -2.43. The van der Waals surface area contributed by atoms with Crippen LogP contribution >= 0.6 is 0 Å². The van der Waals surface area contributed by atoms with Gasteiger partial charge in [-0.25, -0.2) is 0 Å². The maximum Gasteiger partial charge on any atom is 0.251 e. The minimum atomic E-state index is 0.0695. The summed E-state index contributed by atoms with van der Waals surface area (Å²) in [6, 6.07) is 17.9. The van der Waals surface area contributed by atoms with E-state index < -0.39 is 0 Å². The fourth-order valence-corrected chi connectivity index (χ4v) is 6.96. The topological polar surface area (TPSA) is 41.1 Å². The van der Waals surface area contributed by atoms with Crippen LogP contribution in [0, 0.1) is 29.6 Å². The molecular formula is C28H36N2O. The van der Waals surface area contributed by atoms with Gasteiger partial charge in [-0.1, -0.05) is 58.0 Å². The zero-order valence-corrected chi connectivity index (χ0v) is 19.3. The SMILES string of the molecule is CC(C)C(NC(=O)c1ccc2c(c1)[C@@H]1[C@H]3CC[C@@H](C3)[C@H]1[C@H](c1ccccc1)N2)C(C)C. The molecule has 2 aliphatic carbocycles. The molecule has 1 aliphatic heterocycles. The minimum absolute atomic E-state index is 0.0695. The molecule has 0 radical (unpaired) electrons. The third-order valence-electron chi connectivity index (χ3n) is 8.24. The van der Waals surface area contributed by atoms with Gasteiger partial charge in [0.15, 0.2) is 0 Å². The Labute approximate surface area is 187 Å². The third-order valence-corrected chi connectivity index (χ3v) is 8.24. The fourth-order valence-electron chi connectivity index (χ4n) is 6.96. The Balaban J connectivity index is 1.48. The Morgan fingerprint density at radius 1 is 0.968 bits per heavy atom. The molecule has 3 nitrogen and oxygen atoms in total. The average molecular weight is 417 g/mol. The van der Waals surface area contributed by atoms with Crippen molar-refractivity contribution in [3.8, 4) is 0 Å². The van der Waals surface area contributed by atoms with E-state index >= 15 is 0 Å². The summed E-state index contributed by atoms with van der Waals surface area (Å²) in [6.07, 6.45) is 4.04. The van der Waals surface area contributed by atoms with Crippen molar-refractivity contribution in [2.45, 2.75) is 65.0 Å². The molecule has 3 heteroatoms. The van der Waals surface area contributed by atoms with Gasteiger partial charge in [-0.05, 0) is 84.1 Å². The fraction of sp³-hybridized carbons (Fsp3) is 0.536. The highest BCUT2D eigenvalue weighted by atomic mass is 16.1. The van der Waals surface area contributed by atoms with Crippen molar-refractivity contribution in [1.82, 2.24) is 5.32 Å². The summed E-state index contributed by atoms with van der Waals surface area (Å²) >= 11 is 0. The molecule has 2 fully saturated rings. The van der Waals surface area contributed by atoms with E-state index in [2.05, 4.69) is 80.8 Å². The van der Waals surface area contributed by atoms with Crippen LogP contribution in [0.15, 0.2) is 48.5 Å². The molecule has 1 amide bonds. The first-order valence-corrected chi connectivity index (χ1v) is 12.2. The van der Waals surface area contributed by atoms with Gasteiger partial charge in [0, 0.05) is 17.3 Å². The molecular weight excluding hydrogens is 380 g/mol. The van der Waals surface area contributed by atoms with Gasteiger partial charge in [-0.2, -0.15) is 0 Å². The van der Waals surface area contributed by atoms with Crippen molar-refractivity contribution >= 4 is 11.6 Å². The maximum atomic E-state index is 13.2. The second-order valence-electron chi connectivity index (χ2n) is 10.8. The molecule has 0 aromatic heterocycles. The summed E-state index contributed by atoms with van der Waals surface area (Å²) < 4.78 is 0. The summed E-state index contributed by atoms with van der Waals surface area (Å²) in [5.41, 5.74) is 4.81. The summed E-state index contributed by atoms with van der Waals surface area (Å²) in [6.45, 7) is 8.74. The number of hydrogen-bond acceptors (Lipinski definition) is 2. The molecule has 2 N–H and O–H groups in total. The summed E-state index contributed by atoms with van der Waals surface area (Å²) in [4.78, 5) is 13.2. The Bertz CT molecular complexity index is 943. The molecule has 1 heterocycles. The van der Waals surface area contributed by atoms with Crippen molar-refractivity contribution < 1.29 is 4.79 Å². The van der Waals surface area contributed by atoms with Crippen LogP contribution in [-0.2, 0) is 0 Å². The number of amides is 1. The molecule has 2 saturated carbocycles. The Hall–Kier alpha value is -2.29. The van der Waals surface area contributed by atoms with E-state index in [1.807, 2.05) is 6.07 Å². The van der Waals surface area contributed by atoms with Crippen LogP contribution in [0.25, 0.3) is 0 Å². The quantitative estimate of drug-likeness (QED) is 0.593. The molecule has 0 unspecified atom stereocenters. The first-order valence-electron chi connectivity index (χ1n) is 12.2. The lowest BCUT2D eigenvalue weighted by molar-refractivity contribution is 0.0910. The number of hydrogen-bond donors (Lipinski definition) is 2. The van der Waals surface area contributed by atoms with Crippen molar-refractivity contribution in [2.75, 3.05) is 5.32 Å². The van der Waals surface area contributed by atoms with Crippen LogP contribution in [0.3, 0.4) is 0 Å². The van der Waals surface area contributed by atoms with Gasteiger partial charge in [0.1, 0.15) is 0 Å². The molecule has 164 valence electrons. The van der Waals surface area contributed by atoms with Crippen LogP contribution in [-0.4, -0.2) is 11.9 Å². The highest BCUT2D eigenvalue weighted by Gasteiger charge is 2.53. The van der Waals surface area contributed by atoms with Gasteiger partial charge in [0.05, 0.1) is 6.04 Å². The Morgan fingerprint density at radius 3 is 2.39 bits per heavy atom. The normalized spacial score (nSPS) is 28.5. The lowest BCUT2D eigenvalue weighted by atomic mass is 9.68. The number of rotatable bonds is 5. The summed E-state index contributed by atoms with van der Waals surface area (Å²) in [5, 5.41) is 7.19. The van der Waals surface area contributed by atoms with E-state index in [1.165, 1.54) is 36.1 Å². The smallest absolute Gasteiger partial charge is 0.251 e. The van der Waals surface area contributed by atoms with Crippen molar-refractivity contribution in [1.29, 1.82) is 0 Å². The largest absolute Gasteiger partial charge is 0.378 e. The second kappa shape index (κ2) is 8.00. The van der Waals surface area contributed by atoms with Crippen molar-refractivity contribution in [3.63, 3.8) is 0 Å². The number of nitrogens with one attached hydrogen (secondary N) is 2. The number of fused-ring (bicyclic) bond motifs is 7. The predicted molar refractivity (Wildman–Crippen MR) is 127 cm³/mol. The maximum absolute atomic E-state index is 13.2. The number of carbonyl (C=O) groups is 1. The molecule has 0 saturated heterocycles. The van der Waals surface area contributed by atoms with Gasteiger partial charge in [0.25, 0.3) is 5.91 Å². The molecule has 0 spiro atoms. The monoisotopic (exact) mass is 416 g/mol. The van der Waals surface area contributed by atoms with Gasteiger partial charge in [-0.15, -0.1) is 0 Å². The molecule has 5 atom stereocenters. The summed E-state index contributed by atoms with van der Waals surface area (Å²) in [7, 11) is 0. The van der Waals surface area contributed by atoms with E-state index in [0.717, 1.165) is 17.4 Å². The minimum Gasteiger partial charge on any atom is -0.378 e. The van der Waals surface area contributed by atoms with E-state index in [0.29, 0.717) is 29.7 Å². The number of benzene rings is 2. The van der Waals surface area contributed by atoms with Gasteiger partial charge < -0.3 is 10.6 Å².